The molecule has 0 fully saturated rings. The fourth-order valence-electron chi connectivity index (χ4n) is 1.57. The molecule has 6 nitrogen and oxygen atoms in total. The van der Waals surface area contributed by atoms with Crippen molar-refractivity contribution in [3.8, 4) is 0 Å². The van der Waals surface area contributed by atoms with Gasteiger partial charge in [-0.15, -0.1) is 0 Å². The fraction of sp³-hybridized carbons (Fsp3) is 0.250. The van der Waals surface area contributed by atoms with Gasteiger partial charge in [0.05, 0.1) is 6.33 Å². The lowest BCUT2D eigenvalue weighted by Crippen LogP contribution is -2.25. The van der Waals surface area contributed by atoms with Crippen LogP contribution in [0, 0.1) is 0 Å². The van der Waals surface area contributed by atoms with Crippen LogP contribution in [0.5, 0.6) is 0 Å². The minimum absolute atomic E-state index is 0.130. The zero-order valence-corrected chi connectivity index (χ0v) is 9.91. The van der Waals surface area contributed by atoms with Gasteiger partial charge in [-0.2, -0.15) is 0 Å². The number of imidazole rings is 1. The van der Waals surface area contributed by atoms with Crippen LogP contribution >= 0.6 is 0 Å². The van der Waals surface area contributed by atoms with E-state index >= 15 is 0 Å². The van der Waals surface area contributed by atoms with Crippen molar-refractivity contribution in [2.75, 3.05) is 12.3 Å². The second kappa shape index (κ2) is 5.81. The van der Waals surface area contributed by atoms with Crippen molar-refractivity contribution >= 4 is 11.7 Å². The van der Waals surface area contributed by atoms with E-state index in [9.17, 15) is 4.79 Å². The molecule has 0 spiro atoms. The zero-order chi connectivity index (χ0) is 12.8. The van der Waals surface area contributed by atoms with Gasteiger partial charge in [0.2, 0.25) is 0 Å². The number of hydrogen-bond acceptors (Lipinski definition) is 4. The topological polar surface area (TPSA) is 85.8 Å². The van der Waals surface area contributed by atoms with Crippen LogP contribution in [-0.2, 0) is 6.54 Å². The Morgan fingerprint density at radius 3 is 3.06 bits per heavy atom. The van der Waals surface area contributed by atoms with Crippen molar-refractivity contribution in [2.45, 2.75) is 13.0 Å². The number of carbonyl (C=O) groups excluding carboxylic acids is 1. The lowest BCUT2D eigenvalue weighted by atomic mass is 10.2. The Labute approximate surface area is 105 Å². The first-order valence-corrected chi connectivity index (χ1v) is 5.71. The highest BCUT2D eigenvalue weighted by Gasteiger charge is 2.04. The van der Waals surface area contributed by atoms with Crippen LogP contribution < -0.4 is 11.1 Å². The van der Waals surface area contributed by atoms with E-state index in [0.29, 0.717) is 17.9 Å². The predicted molar refractivity (Wildman–Crippen MR) is 67.8 cm³/mol. The number of aryl methyl sites for hydroxylation is 1. The summed E-state index contributed by atoms with van der Waals surface area (Å²) in [7, 11) is 0. The van der Waals surface area contributed by atoms with Crippen molar-refractivity contribution in [3.63, 3.8) is 0 Å². The first kappa shape index (κ1) is 12.1. The molecule has 3 N–H and O–H groups in total. The minimum atomic E-state index is -0.130. The van der Waals surface area contributed by atoms with E-state index in [1.807, 2.05) is 10.8 Å². The highest BCUT2D eigenvalue weighted by atomic mass is 16.1. The maximum atomic E-state index is 11.7. The summed E-state index contributed by atoms with van der Waals surface area (Å²) in [6.45, 7) is 1.44. The summed E-state index contributed by atoms with van der Waals surface area (Å²) >= 11 is 0. The van der Waals surface area contributed by atoms with Gasteiger partial charge in [-0.05, 0) is 18.6 Å². The molecule has 94 valence electrons. The molecule has 0 aliphatic rings. The van der Waals surface area contributed by atoms with E-state index in [4.69, 9.17) is 5.73 Å². The third kappa shape index (κ3) is 3.31. The number of rotatable bonds is 5. The van der Waals surface area contributed by atoms with E-state index < -0.39 is 0 Å². The lowest BCUT2D eigenvalue weighted by Gasteiger charge is -2.06. The molecule has 2 aromatic heterocycles. The van der Waals surface area contributed by atoms with Gasteiger partial charge in [0.1, 0.15) is 5.82 Å². The van der Waals surface area contributed by atoms with E-state index in [-0.39, 0.29) is 5.91 Å². The molecule has 2 rings (SSSR count). The molecule has 6 heteroatoms. The second-order valence-corrected chi connectivity index (χ2v) is 3.88. The first-order chi connectivity index (χ1) is 8.75. The van der Waals surface area contributed by atoms with Crippen LogP contribution in [0.25, 0.3) is 0 Å². The molecule has 0 bridgehead atoms. The molecule has 0 unspecified atom stereocenters. The number of carbonyl (C=O) groups is 1. The molecular weight excluding hydrogens is 230 g/mol. The van der Waals surface area contributed by atoms with E-state index in [1.165, 1.54) is 6.20 Å². The molecule has 0 saturated carbocycles. The SMILES string of the molecule is Nc1cc(C(=O)NCCCn2ccnc2)ccn1. The van der Waals surface area contributed by atoms with Crippen molar-refractivity contribution in [1.82, 2.24) is 19.9 Å². The van der Waals surface area contributed by atoms with Gasteiger partial charge in [0, 0.05) is 37.2 Å². The Morgan fingerprint density at radius 1 is 1.44 bits per heavy atom. The van der Waals surface area contributed by atoms with Crippen molar-refractivity contribution in [3.05, 3.63) is 42.6 Å². The fourth-order valence-corrected chi connectivity index (χ4v) is 1.57. The lowest BCUT2D eigenvalue weighted by molar-refractivity contribution is 0.0952. The largest absolute Gasteiger partial charge is 0.384 e. The van der Waals surface area contributed by atoms with E-state index in [2.05, 4.69) is 15.3 Å². The van der Waals surface area contributed by atoms with Crippen LogP contribution in [0.2, 0.25) is 0 Å². The third-order valence-electron chi connectivity index (χ3n) is 2.48. The summed E-state index contributed by atoms with van der Waals surface area (Å²) in [6.07, 6.45) is 7.76. The number of nitrogen functional groups attached to an aromatic ring is 1. The number of nitrogens with one attached hydrogen (secondary N) is 1. The number of nitrogens with zero attached hydrogens (tertiary/aromatic N) is 3. The number of hydrogen-bond donors (Lipinski definition) is 2. The Kier molecular flexibility index (Phi) is 3.90. The third-order valence-corrected chi connectivity index (χ3v) is 2.48. The smallest absolute Gasteiger partial charge is 0.251 e. The van der Waals surface area contributed by atoms with Crippen LogP contribution in [0.15, 0.2) is 37.1 Å². The van der Waals surface area contributed by atoms with E-state index in [0.717, 1.165) is 13.0 Å². The van der Waals surface area contributed by atoms with Crippen LogP contribution in [0.1, 0.15) is 16.8 Å². The molecule has 0 radical (unpaired) electrons. The average Bonchev–Trinajstić information content (AvgIpc) is 2.87. The van der Waals surface area contributed by atoms with Crippen molar-refractivity contribution in [1.29, 1.82) is 0 Å². The van der Waals surface area contributed by atoms with Gasteiger partial charge in [0.15, 0.2) is 0 Å². The normalized spacial score (nSPS) is 10.2. The zero-order valence-electron chi connectivity index (χ0n) is 9.91. The molecular formula is C12H15N5O. The van der Waals surface area contributed by atoms with Gasteiger partial charge < -0.3 is 15.6 Å². The molecule has 0 atom stereocenters. The monoisotopic (exact) mass is 245 g/mol. The molecule has 0 aliphatic heterocycles. The quantitative estimate of drug-likeness (QED) is 0.758. The molecule has 2 heterocycles. The van der Waals surface area contributed by atoms with Gasteiger partial charge in [-0.25, -0.2) is 9.97 Å². The number of anilines is 1. The summed E-state index contributed by atoms with van der Waals surface area (Å²) in [5.41, 5.74) is 6.05. The standard InChI is InChI=1S/C12H15N5O/c13-11-8-10(2-4-15-11)12(18)16-3-1-6-17-7-5-14-9-17/h2,4-5,7-9H,1,3,6H2,(H2,13,15)(H,16,18). The Morgan fingerprint density at radius 2 is 2.33 bits per heavy atom. The van der Waals surface area contributed by atoms with Gasteiger partial charge >= 0.3 is 0 Å². The summed E-state index contributed by atoms with van der Waals surface area (Å²) < 4.78 is 1.97. The van der Waals surface area contributed by atoms with Crippen LogP contribution in [0.3, 0.4) is 0 Å². The summed E-state index contributed by atoms with van der Waals surface area (Å²) in [5, 5.41) is 2.83. The van der Waals surface area contributed by atoms with Gasteiger partial charge in [-0.1, -0.05) is 0 Å². The highest BCUT2D eigenvalue weighted by Crippen LogP contribution is 2.02. The maximum absolute atomic E-state index is 11.7. The van der Waals surface area contributed by atoms with Crippen molar-refractivity contribution < 1.29 is 4.79 Å². The first-order valence-electron chi connectivity index (χ1n) is 5.71. The van der Waals surface area contributed by atoms with E-state index in [1.54, 1.807) is 24.7 Å². The number of nitrogens with two attached hydrogens (primary N) is 1. The summed E-state index contributed by atoms with van der Waals surface area (Å²) in [4.78, 5) is 19.5. The molecule has 0 aromatic carbocycles. The second-order valence-electron chi connectivity index (χ2n) is 3.88. The Balaban J connectivity index is 1.75. The van der Waals surface area contributed by atoms with Crippen molar-refractivity contribution in [2.24, 2.45) is 0 Å². The molecule has 0 aliphatic carbocycles. The summed E-state index contributed by atoms with van der Waals surface area (Å²) in [5.74, 6) is 0.218. The Hall–Kier alpha value is -2.37. The average molecular weight is 245 g/mol. The molecule has 1 amide bonds. The number of amides is 1. The maximum Gasteiger partial charge on any atom is 0.251 e. The number of aromatic nitrogens is 3. The van der Waals surface area contributed by atoms with Crippen LogP contribution in [-0.4, -0.2) is 27.0 Å². The number of pyridine rings is 1. The summed E-state index contributed by atoms with van der Waals surface area (Å²) in [6, 6.07) is 3.20. The highest BCUT2D eigenvalue weighted by molar-refractivity contribution is 5.94. The van der Waals surface area contributed by atoms with Gasteiger partial charge in [0.25, 0.3) is 5.91 Å². The van der Waals surface area contributed by atoms with Crippen LogP contribution in [0.4, 0.5) is 5.82 Å². The minimum Gasteiger partial charge on any atom is -0.384 e. The van der Waals surface area contributed by atoms with Gasteiger partial charge in [-0.3, -0.25) is 4.79 Å². The molecule has 18 heavy (non-hydrogen) atoms. The molecule has 2 aromatic rings. The Bertz CT molecular complexity index is 509. The molecule has 0 saturated heterocycles. The predicted octanol–water partition coefficient (Wildman–Crippen LogP) is 0.680.